The van der Waals surface area contributed by atoms with E-state index in [-0.39, 0.29) is 0 Å². The summed E-state index contributed by atoms with van der Waals surface area (Å²) >= 11 is 0. The number of morpholine rings is 1. The van der Waals surface area contributed by atoms with E-state index in [1.807, 2.05) is 0 Å². The molecule has 2 aliphatic heterocycles. The molecular weight excluding hydrogens is 242 g/mol. The monoisotopic (exact) mass is 267 g/mol. The van der Waals surface area contributed by atoms with E-state index in [4.69, 9.17) is 4.74 Å². The van der Waals surface area contributed by atoms with Gasteiger partial charge >= 0.3 is 0 Å². The van der Waals surface area contributed by atoms with Gasteiger partial charge in [-0.2, -0.15) is 0 Å². The molecule has 0 bridgehead atoms. The fourth-order valence-corrected chi connectivity index (χ4v) is 3.04. The van der Waals surface area contributed by atoms with E-state index in [0.29, 0.717) is 24.4 Å². The highest BCUT2D eigenvalue weighted by molar-refractivity contribution is 5.76. The molecule has 0 radical (unpaired) electrons. The zero-order chi connectivity index (χ0) is 13.1. The molecule has 108 valence electrons. The van der Waals surface area contributed by atoms with Crippen molar-refractivity contribution in [3.8, 4) is 0 Å². The maximum atomic E-state index is 12.1. The second-order valence-corrected chi connectivity index (χ2v) is 5.91. The highest BCUT2D eigenvalue weighted by atomic mass is 16.5. The number of nitrogens with one attached hydrogen (secondary N) is 1. The van der Waals surface area contributed by atoms with Gasteiger partial charge in [-0.05, 0) is 19.3 Å². The van der Waals surface area contributed by atoms with Gasteiger partial charge in [0.1, 0.15) is 0 Å². The fraction of sp³-hybridized carbons (Fsp3) is 0.929. The van der Waals surface area contributed by atoms with Crippen LogP contribution in [-0.4, -0.2) is 73.7 Å². The predicted molar refractivity (Wildman–Crippen MR) is 73.0 cm³/mol. The summed E-state index contributed by atoms with van der Waals surface area (Å²) < 4.78 is 5.38. The molecule has 2 heterocycles. The smallest absolute Gasteiger partial charge is 0.223 e. The van der Waals surface area contributed by atoms with Gasteiger partial charge in [0, 0.05) is 51.2 Å². The molecule has 0 spiro atoms. The van der Waals surface area contributed by atoms with E-state index in [1.54, 1.807) is 0 Å². The van der Waals surface area contributed by atoms with Gasteiger partial charge in [0.05, 0.1) is 13.2 Å². The third-order valence-electron chi connectivity index (χ3n) is 4.43. The Morgan fingerprint density at radius 2 is 1.95 bits per heavy atom. The molecule has 1 unspecified atom stereocenters. The van der Waals surface area contributed by atoms with Gasteiger partial charge in [-0.25, -0.2) is 0 Å². The molecule has 3 aliphatic rings. The Bertz CT molecular complexity index is 314. The minimum absolute atomic E-state index is 0.323. The highest BCUT2D eigenvalue weighted by Gasteiger charge is 2.31. The van der Waals surface area contributed by atoms with Gasteiger partial charge in [-0.3, -0.25) is 9.69 Å². The van der Waals surface area contributed by atoms with Crippen molar-refractivity contribution in [1.82, 2.24) is 15.1 Å². The van der Waals surface area contributed by atoms with Crippen molar-refractivity contribution in [1.29, 1.82) is 0 Å². The molecule has 5 heteroatoms. The van der Waals surface area contributed by atoms with Gasteiger partial charge in [-0.15, -0.1) is 0 Å². The summed E-state index contributed by atoms with van der Waals surface area (Å²) in [7, 11) is 0. The Balaban J connectivity index is 1.38. The minimum Gasteiger partial charge on any atom is -0.379 e. The van der Waals surface area contributed by atoms with Crippen molar-refractivity contribution < 1.29 is 9.53 Å². The van der Waals surface area contributed by atoms with Crippen molar-refractivity contribution in [3.63, 3.8) is 0 Å². The molecule has 0 aromatic heterocycles. The lowest BCUT2D eigenvalue weighted by atomic mass is 10.2. The van der Waals surface area contributed by atoms with Gasteiger partial charge < -0.3 is 15.0 Å². The van der Waals surface area contributed by atoms with Crippen LogP contribution >= 0.6 is 0 Å². The number of carbonyl (C=O) groups excluding carboxylic acids is 1. The summed E-state index contributed by atoms with van der Waals surface area (Å²) in [6.07, 6.45) is 4.36. The molecule has 1 aliphatic carbocycles. The highest BCUT2D eigenvalue weighted by Crippen LogP contribution is 2.19. The molecule has 1 N–H and O–H groups in total. The zero-order valence-corrected chi connectivity index (χ0v) is 11.6. The van der Waals surface area contributed by atoms with Gasteiger partial charge in [0.25, 0.3) is 0 Å². The lowest BCUT2D eigenvalue weighted by Gasteiger charge is -2.32. The molecule has 19 heavy (non-hydrogen) atoms. The van der Waals surface area contributed by atoms with E-state index in [9.17, 15) is 4.79 Å². The molecular formula is C14H25N3O2. The third-order valence-corrected chi connectivity index (χ3v) is 4.43. The zero-order valence-electron chi connectivity index (χ0n) is 11.6. The van der Waals surface area contributed by atoms with Crippen LogP contribution < -0.4 is 5.32 Å². The Labute approximate surface area is 115 Å². The van der Waals surface area contributed by atoms with Crippen LogP contribution in [0.15, 0.2) is 0 Å². The molecule has 0 aromatic rings. The molecule has 1 amide bonds. The van der Waals surface area contributed by atoms with Gasteiger partial charge in [-0.1, -0.05) is 0 Å². The summed E-state index contributed by atoms with van der Waals surface area (Å²) in [4.78, 5) is 16.7. The minimum atomic E-state index is 0.323. The van der Waals surface area contributed by atoms with E-state index < -0.39 is 0 Å². The Morgan fingerprint density at radius 1 is 1.16 bits per heavy atom. The number of hydrogen-bond acceptors (Lipinski definition) is 4. The normalized spacial score (nSPS) is 28.8. The van der Waals surface area contributed by atoms with Crippen molar-refractivity contribution in [3.05, 3.63) is 0 Å². The largest absolute Gasteiger partial charge is 0.379 e. The molecule has 1 atom stereocenters. The van der Waals surface area contributed by atoms with Crippen molar-refractivity contribution in [2.45, 2.75) is 37.8 Å². The summed E-state index contributed by atoms with van der Waals surface area (Å²) in [5, 5.41) is 3.41. The van der Waals surface area contributed by atoms with E-state index in [1.165, 1.54) is 12.8 Å². The first kappa shape index (κ1) is 13.3. The van der Waals surface area contributed by atoms with Crippen molar-refractivity contribution in [2.24, 2.45) is 0 Å². The molecule has 3 fully saturated rings. The van der Waals surface area contributed by atoms with Gasteiger partial charge in [0.15, 0.2) is 0 Å². The van der Waals surface area contributed by atoms with Crippen LogP contribution in [0.5, 0.6) is 0 Å². The lowest BCUT2D eigenvalue weighted by molar-refractivity contribution is -0.130. The maximum absolute atomic E-state index is 12.1. The Hall–Kier alpha value is -0.650. The molecule has 2 saturated heterocycles. The van der Waals surface area contributed by atoms with Crippen LogP contribution in [0.1, 0.15) is 25.7 Å². The average Bonchev–Trinajstić information content (AvgIpc) is 3.13. The van der Waals surface area contributed by atoms with E-state index in [2.05, 4.69) is 15.1 Å². The molecule has 5 nitrogen and oxygen atoms in total. The van der Waals surface area contributed by atoms with Crippen molar-refractivity contribution >= 4 is 5.91 Å². The lowest BCUT2D eigenvalue weighted by Crippen LogP contribution is -2.45. The first-order chi connectivity index (χ1) is 9.33. The summed E-state index contributed by atoms with van der Waals surface area (Å²) in [5.41, 5.74) is 0. The SMILES string of the molecule is O=C(CCNC1CC1)N1CCC(N2CCOCC2)C1. The first-order valence-corrected chi connectivity index (χ1v) is 7.66. The number of carbonyl (C=O) groups is 1. The van der Waals surface area contributed by atoms with Crippen LogP contribution in [0, 0.1) is 0 Å². The standard InChI is InChI=1S/C14H25N3O2/c18-14(3-5-15-12-1-2-12)17-6-4-13(11-17)16-7-9-19-10-8-16/h12-13,15H,1-11H2. The van der Waals surface area contributed by atoms with Crippen LogP contribution in [-0.2, 0) is 9.53 Å². The Kier molecular flexibility index (Phi) is 4.35. The number of ether oxygens (including phenoxy) is 1. The van der Waals surface area contributed by atoms with Crippen LogP contribution in [0.2, 0.25) is 0 Å². The summed E-state index contributed by atoms with van der Waals surface area (Å²) in [5.74, 6) is 0.323. The average molecular weight is 267 g/mol. The number of likely N-dealkylation sites (tertiary alicyclic amines) is 1. The van der Waals surface area contributed by atoms with E-state index in [0.717, 1.165) is 52.4 Å². The molecule has 0 aromatic carbocycles. The number of amides is 1. The third kappa shape index (κ3) is 3.68. The molecule has 1 saturated carbocycles. The molecule has 3 rings (SSSR count). The van der Waals surface area contributed by atoms with Crippen molar-refractivity contribution in [2.75, 3.05) is 45.9 Å². The second-order valence-electron chi connectivity index (χ2n) is 5.91. The fourth-order valence-electron chi connectivity index (χ4n) is 3.04. The summed E-state index contributed by atoms with van der Waals surface area (Å²) in [6, 6.07) is 1.26. The number of rotatable bonds is 5. The van der Waals surface area contributed by atoms with Crippen LogP contribution in [0.3, 0.4) is 0 Å². The van der Waals surface area contributed by atoms with Crippen LogP contribution in [0.4, 0.5) is 0 Å². The Morgan fingerprint density at radius 3 is 2.68 bits per heavy atom. The van der Waals surface area contributed by atoms with E-state index >= 15 is 0 Å². The number of hydrogen-bond donors (Lipinski definition) is 1. The summed E-state index contributed by atoms with van der Waals surface area (Å²) in [6.45, 7) is 6.44. The first-order valence-electron chi connectivity index (χ1n) is 7.66. The second kappa shape index (κ2) is 6.20. The topological polar surface area (TPSA) is 44.8 Å². The predicted octanol–water partition coefficient (Wildman–Crippen LogP) is 0.0616. The van der Waals surface area contributed by atoms with Crippen LogP contribution in [0.25, 0.3) is 0 Å². The number of nitrogens with zero attached hydrogens (tertiary/aromatic N) is 2. The van der Waals surface area contributed by atoms with Gasteiger partial charge in [0.2, 0.25) is 5.91 Å². The maximum Gasteiger partial charge on any atom is 0.223 e. The quantitative estimate of drug-likeness (QED) is 0.765.